The fourth-order valence-electron chi connectivity index (χ4n) is 3.05. The van der Waals surface area contributed by atoms with Crippen LogP contribution in [0.25, 0.3) is 11.1 Å². The number of aromatic nitrogens is 1. The molecule has 2 aromatic carbocycles. The van der Waals surface area contributed by atoms with Crippen molar-refractivity contribution in [2.24, 2.45) is 0 Å². The van der Waals surface area contributed by atoms with Gasteiger partial charge in [0, 0.05) is 12.0 Å². The van der Waals surface area contributed by atoms with Gasteiger partial charge in [0.1, 0.15) is 5.76 Å². The van der Waals surface area contributed by atoms with E-state index in [9.17, 15) is 0 Å². The van der Waals surface area contributed by atoms with E-state index >= 15 is 0 Å². The average molecular weight is 343 g/mol. The number of nitriles is 1. The molecule has 4 heteroatoms. The van der Waals surface area contributed by atoms with Gasteiger partial charge in [-0.15, -0.1) is 0 Å². The SMILES string of the molecule is C[C@@H](NCc1ncc(C2CC2)o1)c1ccc(-c2cccc(C#N)c2)cc1. The second-order valence-electron chi connectivity index (χ2n) is 6.85. The molecule has 1 aliphatic rings. The third kappa shape index (κ3) is 3.68. The van der Waals surface area contributed by atoms with Crippen LogP contribution in [0.1, 0.15) is 54.5 Å². The summed E-state index contributed by atoms with van der Waals surface area (Å²) in [7, 11) is 0. The molecule has 1 N–H and O–H groups in total. The number of hydrogen-bond donors (Lipinski definition) is 1. The fourth-order valence-corrected chi connectivity index (χ4v) is 3.05. The molecule has 1 aromatic heterocycles. The lowest BCUT2D eigenvalue weighted by atomic mass is 10.00. The van der Waals surface area contributed by atoms with E-state index in [0.29, 0.717) is 18.0 Å². The fraction of sp³-hybridized carbons (Fsp3) is 0.273. The Bertz CT molecular complexity index is 933. The number of hydrogen-bond acceptors (Lipinski definition) is 4. The Kier molecular flexibility index (Phi) is 4.55. The van der Waals surface area contributed by atoms with E-state index in [-0.39, 0.29) is 6.04 Å². The standard InChI is InChI=1S/C22H21N3O/c1-15(24-14-22-25-13-21(26-22)19-9-10-19)17-5-7-18(8-6-17)20-4-2-3-16(11-20)12-23/h2-8,11,13,15,19,24H,9-10,14H2,1H3/t15-/m1/s1. The van der Waals surface area contributed by atoms with E-state index in [1.807, 2.05) is 30.5 Å². The second-order valence-corrected chi connectivity index (χ2v) is 6.85. The van der Waals surface area contributed by atoms with Crippen molar-refractivity contribution < 1.29 is 4.42 Å². The van der Waals surface area contributed by atoms with Gasteiger partial charge >= 0.3 is 0 Å². The molecule has 0 amide bonds. The molecular weight excluding hydrogens is 322 g/mol. The van der Waals surface area contributed by atoms with Crippen molar-refractivity contribution in [3.8, 4) is 17.2 Å². The third-order valence-corrected chi connectivity index (χ3v) is 4.85. The summed E-state index contributed by atoms with van der Waals surface area (Å²) in [5, 5.41) is 12.5. The summed E-state index contributed by atoms with van der Waals surface area (Å²) in [6.45, 7) is 2.76. The van der Waals surface area contributed by atoms with E-state index in [1.54, 1.807) is 0 Å². The van der Waals surface area contributed by atoms with Gasteiger partial charge in [0.25, 0.3) is 0 Å². The van der Waals surface area contributed by atoms with E-state index in [4.69, 9.17) is 9.68 Å². The van der Waals surface area contributed by atoms with Crippen LogP contribution >= 0.6 is 0 Å². The van der Waals surface area contributed by atoms with Gasteiger partial charge in [-0.05, 0) is 48.6 Å². The molecule has 0 saturated heterocycles. The zero-order valence-electron chi connectivity index (χ0n) is 14.8. The van der Waals surface area contributed by atoms with Gasteiger partial charge in [0.15, 0.2) is 0 Å². The van der Waals surface area contributed by atoms with Crippen LogP contribution in [-0.2, 0) is 6.54 Å². The highest BCUT2D eigenvalue weighted by atomic mass is 16.4. The normalized spacial score (nSPS) is 14.8. The van der Waals surface area contributed by atoms with Gasteiger partial charge in [0.05, 0.1) is 24.4 Å². The minimum absolute atomic E-state index is 0.200. The summed E-state index contributed by atoms with van der Waals surface area (Å²) in [5.41, 5.74) is 4.06. The van der Waals surface area contributed by atoms with Gasteiger partial charge in [-0.1, -0.05) is 36.4 Å². The van der Waals surface area contributed by atoms with E-state index < -0.39 is 0 Å². The zero-order valence-corrected chi connectivity index (χ0v) is 14.8. The molecule has 1 atom stereocenters. The average Bonchev–Trinajstić information content (AvgIpc) is 3.44. The highest BCUT2D eigenvalue weighted by Gasteiger charge is 2.27. The molecule has 4 rings (SSSR count). The van der Waals surface area contributed by atoms with Gasteiger partial charge in [-0.25, -0.2) is 4.98 Å². The molecule has 3 aromatic rings. The topological polar surface area (TPSA) is 61.9 Å². The number of nitrogens with one attached hydrogen (secondary N) is 1. The predicted molar refractivity (Wildman–Crippen MR) is 100 cm³/mol. The maximum atomic E-state index is 9.04. The first kappa shape index (κ1) is 16.6. The van der Waals surface area contributed by atoms with E-state index in [0.717, 1.165) is 22.8 Å². The first-order valence-electron chi connectivity index (χ1n) is 9.01. The van der Waals surface area contributed by atoms with Gasteiger partial charge in [0.2, 0.25) is 5.89 Å². The molecule has 1 saturated carbocycles. The highest BCUT2D eigenvalue weighted by Crippen LogP contribution is 2.40. The summed E-state index contributed by atoms with van der Waals surface area (Å²) in [5.74, 6) is 2.38. The first-order valence-corrected chi connectivity index (χ1v) is 9.01. The van der Waals surface area contributed by atoms with Gasteiger partial charge in [-0.2, -0.15) is 5.26 Å². The highest BCUT2D eigenvalue weighted by molar-refractivity contribution is 5.65. The van der Waals surface area contributed by atoms with E-state index in [2.05, 4.69) is 47.6 Å². The Balaban J connectivity index is 1.39. The Labute approximate surface area is 153 Å². The predicted octanol–water partition coefficient (Wildman–Crippen LogP) is 4.94. The molecule has 1 aliphatic carbocycles. The minimum Gasteiger partial charge on any atom is -0.444 e. The van der Waals surface area contributed by atoms with Crippen molar-refractivity contribution in [1.29, 1.82) is 5.26 Å². The molecule has 26 heavy (non-hydrogen) atoms. The maximum Gasteiger partial charge on any atom is 0.208 e. The molecule has 0 radical (unpaired) electrons. The Hall–Kier alpha value is -2.90. The van der Waals surface area contributed by atoms with Gasteiger partial charge < -0.3 is 9.73 Å². The molecule has 1 heterocycles. The van der Waals surface area contributed by atoms with Crippen LogP contribution in [0.4, 0.5) is 0 Å². The smallest absolute Gasteiger partial charge is 0.208 e. The van der Waals surface area contributed by atoms with Crippen LogP contribution in [0.3, 0.4) is 0 Å². The maximum absolute atomic E-state index is 9.04. The van der Waals surface area contributed by atoms with Crippen molar-refractivity contribution in [1.82, 2.24) is 10.3 Å². The third-order valence-electron chi connectivity index (χ3n) is 4.85. The molecule has 0 unspecified atom stereocenters. The molecule has 0 bridgehead atoms. The summed E-state index contributed by atoms with van der Waals surface area (Å²) in [6, 6.07) is 18.5. The first-order chi connectivity index (χ1) is 12.7. The molecule has 0 aliphatic heterocycles. The number of nitrogens with zero attached hydrogens (tertiary/aromatic N) is 2. The minimum atomic E-state index is 0.200. The molecule has 1 fully saturated rings. The largest absolute Gasteiger partial charge is 0.444 e. The van der Waals surface area contributed by atoms with Crippen molar-refractivity contribution in [2.45, 2.75) is 38.3 Å². The van der Waals surface area contributed by atoms with Crippen LogP contribution in [0.5, 0.6) is 0 Å². The quantitative estimate of drug-likeness (QED) is 0.688. The number of rotatable bonds is 6. The van der Waals surface area contributed by atoms with Crippen LogP contribution in [0.2, 0.25) is 0 Å². The molecule has 4 nitrogen and oxygen atoms in total. The second kappa shape index (κ2) is 7.15. The molecule has 130 valence electrons. The molecular formula is C22H21N3O. The Morgan fingerprint density at radius 2 is 2.00 bits per heavy atom. The van der Waals surface area contributed by atoms with Crippen LogP contribution in [0, 0.1) is 11.3 Å². The van der Waals surface area contributed by atoms with E-state index in [1.165, 1.54) is 18.4 Å². The van der Waals surface area contributed by atoms with Crippen molar-refractivity contribution >= 4 is 0 Å². The van der Waals surface area contributed by atoms with Crippen molar-refractivity contribution in [3.63, 3.8) is 0 Å². The number of benzene rings is 2. The zero-order chi connectivity index (χ0) is 17.9. The summed E-state index contributed by atoms with van der Waals surface area (Å²) in [4.78, 5) is 4.36. The number of oxazole rings is 1. The van der Waals surface area contributed by atoms with Crippen molar-refractivity contribution in [3.05, 3.63) is 77.5 Å². The Morgan fingerprint density at radius 1 is 1.19 bits per heavy atom. The summed E-state index contributed by atoms with van der Waals surface area (Å²) in [6.07, 6.45) is 4.31. The lowest BCUT2D eigenvalue weighted by molar-refractivity contribution is 0.422. The van der Waals surface area contributed by atoms with Crippen LogP contribution in [0.15, 0.2) is 59.1 Å². The van der Waals surface area contributed by atoms with Gasteiger partial charge in [-0.3, -0.25) is 0 Å². The lowest BCUT2D eigenvalue weighted by Gasteiger charge is -2.13. The lowest BCUT2D eigenvalue weighted by Crippen LogP contribution is -2.18. The van der Waals surface area contributed by atoms with Crippen LogP contribution < -0.4 is 5.32 Å². The monoisotopic (exact) mass is 343 g/mol. The molecule has 0 spiro atoms. The summed E-state index contributed by atoms with van der Waals surface area (Å²) >= 11 is 0. The summed E-state index contributed by atoms with van der Waals surface area (Å²) < 4.78 is 5.79. The Morgan fingerprint density at radius 3 is 2.73 bits per heavy atom. The van der Waals surface area contributed by atoms with Crippen molar-refractivity contribution in [2.75, 3.05) is 0 Å². The van der Waals surface area contributed by atoms with Crippen LogP contribution in [-0.4, -0.2) is 4.98 Å².